The first-order valence-corrected chi connectivity index (χ1v) is 7.81. The Balaban J connectivity index is 0.00000113. The van der Waals surface area contributed by atoms with E-state index in [1.807, 2.05) is 30.3 Å². The van der Waals surface area contributed by atoms with E-state index in [2.05, 4.69) is 15.3 Å². The second-order valence-corrected chi connectivity index (χ2v) is 6.04. The molecule has 25 heavy (non-hydrogen) atoms. The Hall–Kier alpha value is -2.08. The Kier molecular flexibility index (Phi) is 6.06. The molecule has 1 atom stereocenters. The van der Waals surface area contributed by atoms with Crippen LogP contribution in [0, 0.1) is 5.92 Å². The number of hydrogen-bond acceptors (Lipinski definition) is 3. The van der Waals surface area contributed by atoms with Gasteiger partial charge in [0.1, 0.15) is 5.65 Å². The van der Waals surface area contributed by atoms with Gasteiger partial charge in [-0.15, -0.1) is 24.8 Å². The minimum absolute atomic E-state index is 0. The number of fused-ring (bicyclic) bond motifs is 1. The van der Waals surface area contributed by atoms with Gasteiger partial charge in [-0.2, -0.15) is 0 Å². The number of nitrogens with one attached hydrogen (secondary N) is 2. The van der Waals surface area contributed by atoms with Crippen molar-refractivity contribution in [1.29, 1.82) is 0 Å². The SMILES string of the molecule is Cl.Cl.NC(c1ccc(C(=O)Nc2ccnc3[nH]ccc23)cc1)C1CC1. The zero-order valence-electron chi connectivity index (χ0n) is 13.4. The van der Waals surface area contributed by atoms with Crippen LogP contribution in [-0.4, -0.2) is 15.9 Å². The average Bonchev–Trinajstić information content (AvgIpc) is 3.31. The Bertz CT molecular complexity index is 859. The first-order valence-electron chi connectivity index (χ1n) is 7.81. The van der Waals surface area contributed by atoms with E-state index in [4.69, 9.17) is 5.73 Å². The van der Waals surface area contributed by atoms with Gasteiger partial charge in [-0.3, -0.25) is 4.79 Å². The number of carbonyl (C=O) groups excluding carboxylic acids is 1. The summed E-state index contributed by atoms with van der Waals surface area (Å²) in [6.45, 7) is 0. The summed E-state index contributed by atoms with van der Waals surface area (Å²) in [5.41, 5.74) is 9.42. The molecule has 4 rings (SSSR count). The Morgan fingerprint density at radius 1 is 1.16 bits per heavy atom. The number of hydrogen-bond donors (Lipinski definition) is 3. The number of aromatic amines is 1. The van der Waals surface area contributed by atoms with E-state index in [1.165, 1.54) is 12.8 Å². The van der Waals surface area contributed by atoms with Crippen molar-refractivity contribution >= 4 is 47.4 Å². The van der Waals surface area contributed by atoms with Crippen LogP contribution in [0.1, 0.15) is 34.8 Å². The van der Waals surface area contributed by atoms with Crippen LogP contribution in [0.4, 0.5) is 5.69 Å². The molecule has 0 spiro atoms. The summed E-state index contributed by atoms with van der Waals surface area (Å²) in [7, 11) is 0. The fourth-order valence-corrected chi connectivity index (χ4v) is 2.85. The van der Waals surface area contributed by atoms with Crippen molar-refractivity contribution in [3.63, 3.8) is 0 Å². The zero-order chi connectivity index (χ0) is 15.8. The predicted octanol–water partition coefficient (Wildman–Crippen LogP) is 4.07. The second kappa shape index (κ2) is 7.87. The molecule has 4 N–H and O–H groups in total. The average molecular weight is 379 g/mol. The maximum atomic E-state index is 12.4. The van der Waals surface area contributed by atoms with Crippen molar-refractivity contribution in [1.82, 2.24) is 9.97 Å². The van der Waals surface area contributed by atoms with E-state index in [9.17, 15) is 4.79 Å². The number of anilines is 1. The van der Waals surface area contributed by atoms with E-state index in [0.717, 1.165) is 22.3 Å². The van der Waals surface area contributed by atoms with E-state index >= 15 is 0 Å². The van der Waals surface area contributed by atoms with E-state index in [-0.39, 0.29) is 36.8 Å². The lowest BCUT2D eigenvalue weighted by atomic mass is 10.0. The van der Waals surface area contributed by atoms with Crippen molar-refractivity contribution in [2.24, 2.45) is 11.7 Å². The maximum absolute atomic E-state index is 12.4. The van der Waals surface area contributed by atoms with Gasteiger partial charge < -0.3 is 16.0 Å². The summed E-state index contributed by atoms with van der Waals surface area (Å²) < 4.78 is 0. The van der Waals surface area contributed by atoms with Gasteiger partial charge in [0.2, 0.25) is 0 Å². The fraction of sp³-hybridized carbons (Fsp3) is 0.222. The summed E-state index contributed by atoms with van der Waals surface area (Å²) >= 11 is 0. The predicted molar refractivity (Wildman–Crippen MR) is 105 cm³/mol. The molecule has 1 aliphatic carbocycles. The molecule has 1 aliphatic rings. The highest BCUT2D eigenvalue weighted by atomic mass is 35.5. The molecule has 2 heterocycles. The lowest BCUT2D eigenvalue weighted by Gasteiger charge is -2.11. The highest BCUT2D eigenvalue weighted by Gasteiger charge is 2.29. The summed E-state index contributed by atoms with van der Waals surface area (Å²) in [4.78, 5) is 19.7. The van der Waals surface area contributed by atoms with Gasteiger partial charge >= 0.3 is 0 Å². The largest absolute Gasteiger partial charge is 0.346 e. The first kappa shape index (κ1) is 19.2. The van der Waals surface area contributed by atoms with Gasteiger partial charge in [0.15, 0.2) is 0 Å². The molecule has 7 heteroatoms. The fourth-order valence-electron chi connectivity index (χ4n) is 2.85. The highest BCUT2D eigenvalue weighted by Crippen LogP contribution is 2.39. The van der Waals surface area contributed by atoms with Crippen LogP contribution in [0.15, 0.2) is 48.8 Å². The number of pyridine rings is 1. The zero-order valence-corrected chi connectivity index (χ0v) is 15.1. The molecule has 3 aromatic rings. The van der Waals surface area contributed by atoms with Crippen molar-refractivity contribution in [3.8, 4) is 0 Å². The van der Waals surface area contributed by atoms with Gasteiger partial charge in [0.25, 0.3) is 5.91 Å². The molecule has 0 bridgehead atoms. The number of amides is 1. The number of halogens is 2. The molecular formula is C18H20Cl2N4O. The number of H-pyrrole nitrogens is 1. The van der Waals surface area contributed by atoms with Gasteiger partial charge in [-0.05, 0) is 48.6 Å². The van der Waals surface area contributed by atoms with Crippen molar-refractivity contribution in [3.05, 3.63) is 59.9 Å². The number of benzene rings is 1. The van der Waals surface area contributed by atoms with Crippen LogP contribution in [0.5, 0.6) is 0 Å². The third-order valence-electron chi connectivity index (χ3n) is 4.40. The molecule has 1 saturated carbocycles. The summed E-state index contributed by atoms with van der Waals surface area (Å²) in [5, 5.41) is 3.84. The smallest absolute Gasteiger partial charge is 0.255 e. The van der Waals surface area contributed by atoms with Crippen LogP contribution < -0.4 is 11.1 Å². The van der Waals surface area contributed by atoms with Crippen molar-refractivity contribution < 1.29 is 4.79 Å². The highest BCUT2D eigenvalue weighted by molar-refractivity contribution is 6.08. The van der Waals surface area contributed by atoms with Crippen LogP contribution in [0.3, 0.4) is 0 Å². The minimum atomic E-state index is -0.134. The Morgan fingerprint density at radius 3 is 2.56 bits per heavy atom. The normalized spacial score (nSPS) is 14.3. The first-order chi connectivity index (χ1) is 11.2. The molecular weight excluding hydrogens is 359 g/mol. The van der Waals surface area contributed by atoms with Gasteiger partial charge in [0.05, 0.1) is 5.69 Å². The number of nitrogens with zero attached hydrogens (tertiary/aromatic N) is 1. The Morgan fingerprint density at radius 2 is 1.88 bits per heavy atom. The molecule has 1 fully saturated rings. The molecule has 1 amide bonds. The molecule has 132 valence electrons. The lowest BCUT2D eigenvalue weighted by Crippen LogP contribution is -2.14. The van der Waals surface area contributed by atoms with Crippen LogP contribution in [-0.2, 0) is 0 Å². The van der Waals surface area contributed by atoms with Crippen molar-refractivity contribution in [2.45, 2.75) is 18.9 Å². The molecule has 0 radical (unpaired) electrons. The molecule has 5 nitrogen and oxygen atoms in total. The van der Waals surface area contributed by atoms with Crippen LogP contribution in [0.2, 0.25) is 0 Å². The minimum Gasteiger partial charge on any atom is -0.346 e. The van der Waals surface area contributed by atoms with E-state index < -0.39 is 0 Å². The standard InChI is InChI=1S/C18H18N4O.2ClH/c19-16(11-1-2-11)12-3-5-13(6-4-12)18(23)22-15-8-10-21-17-14(15)7-9-20-17;;/h3-11,16H,1-2,19H2,(H2,20,21,22,23);2*1H. The lowest BCUT2D eigenvalue weighted by molar-refractivity contribution is 0.102. The third-order valence-corrected chi connectivity index (χ3v) is 4.40. The van der Waals surface area contributed by atoms with Crippen molar-refractivity contribution in [2.75, 3.05) is 5.32 Å². The van der Waals surface area contributed by atoms with Gasteiger partial charge in [-0.25, -0.2) is 4.98 Å². The topological polar surface area (TPSA) is 83.8 Å². The van der Waals surface area contributed by atoms with Gasteiger partial charge in [-0.1, -0.05) is 12.1 Å². The van der Waals surface area contributed by atoms with Crippen LogP contribution in [0.25, 0.3) is 11.0 Å². The summed E-state index contributed by atoms with van der Waals surface area (Å²) in [5.74, 6) is 0.471. The van der Waals surface area contributed by atoms with E-state index in [1.54, 1.807) is 18.5 Å². The molecule has 1 unspecified atom stereocenters. The number of aromatic nitrogens is 2. The number of nitrogens with two attached hydrogens (primary N) is 1. The third kappa shape index (κ3) is 3.95. The molecule has 0 aliphatic heterocycles. The molecule has 0 saturated heterocycles. The number of rotatable bonds is 4. The molecule has 1 aromatic carbocycles. The summed E-state index contributed by atoms with van der Waals surface area (Å²) in [6, 6.07) is 11.4. The quantitative estimate of drug-likeness (QED) is 0.639. The van der Waals surface area contributed by atoms with Gasteiger partial charge in [0, 0.05) is 29.4 Å². The molecule has 2 aromatic heterocycles. The summed E-state index contributed by atoms with van der Waals surface area (Å²) in [6.07, 6.45) is 5.89. The van der Waals surface area contributed by atoms with E-state index in [0.29, 0.717) is 11.5 Å². The van der Waals surface area contributed by atoms with Crippen LogP contribution >= 0.6 is 24.8 Å². The maximum Gasteiger partial charge on any atom is 0.255 e. The monoisotopic (exact) mass is 378 g/mol. The number of carbonyl (C=O) groups is 1. The Labute approximate surface area is 158 Å². The second-order valence-electron chi connectivity index (χ2n) is 6.04.